The Morgan fingerprint density at radius 2 is 2.12 bits per heavy atom. The first-order chi connectivity index (χ1) is 11.9. The molecule has 0 saturated carbocycles. The van der Waals surface area contributed by atoms with Gasteiger partial charge < -0.3 is 15.3 Å². The number of aliphatic hydroxyl groups is 1. The Kier molecular flexibility index (Phi) is 9.28. The van der Waals surface area contributed by atoms with Crippen LogP contribution in [0, 0.1) is 12.8 Å². The summed E-state index contributed by atoms with van der Waals surface area (Å²) >= 11 is 0. The molecule has 0 heterocycles. The van der Waals surface area contributed by atoms with E-state index in [1.54, 1.807) is 0 Å². The zero-order valence-corrected chi connectivity index (χ0v) is 16.3. The second-order valence-corrected chi connectivity index (χ2v) is 6.78. The van der Waals surface area contributed by atoms with Gasteiger partial charge in [0.05, 0.1) is 0 Å². The molecular weight excluding hydrogens is 312 g/mol. The fraction of sp³-hybridized carbons (Fsp3) is 0.571. The summed E-state index contributed by atoms with van der Waals surface area (Å²) in [5.74, 6) is 0.588. The maximum atomic E-state index is 12.4. The van der Waals surface area contributed by atoms with E-state index >= 15 is 0 Å². The van der Waals surface area contributed by atoms with Gasteiger partial charge in [-0.2, -0.15) is 0 Å². The van der Waals surface area contributed by atoms with E-state index in [0.29, 0.717) is 24.4 Å². The van der Waals surface area contributed by atoms with Crippen LogP contribution in [0.2, 0.25) is 0 Å². The molecule has 0 aliphatic rings. The summed E-state index contributed by atoms with van der Waals surface area (Å²) in [6.07, 6.45) is 6.29. The third kappa shape index (κ3) is 6.54. The van der Waals surface area contributed by atoms with Crippen LogP contribution in [-0.2, 0) is 0 Å². The number of nitrogens with zero attached hydrogens (tertiary/aromatic N) is 1. The molecule has 1 amide bonds. The summed E-state index contributed by atoms with van der Waals surface area (Å²) < 4.78 is 0. The fourth-order valence-electron chi connectivity index (χ4n) is 3.10. The molecule has 4 heteroatoms. The van der Waals surface area contributed by atoms with Crippen LogP contribution >= 0.6 is 0 Å². The monoisotopic (exact) mass is 346 g/mol. The van der Waals surface area contributed by atoms with Gasteiger partial charge in [0.2, 0.25) is 0 Å². The Morgan fingerprint density at radius 3 is 2.72 bits per heavy atom. The lowest BCUT2D eigenvalue weighted by atomic mass is 10.00. The normalized spacial score (nSPS) is 12.9. The molecule has 0 aromatic heterocycles. The third-order valence-electron chi connectivity index (χ3n) is 4.64. The Bertz CT molecular complexity index is 655. The van der Waals surface area contributed by atoms with Crippen LogP contribution in [0.3, 0.4) is 0 Å². The van der Waals surface area contributed by atoms with Crippen LogP contribution in [0.25, 0.3) is 12.8 Å². The summed E-state index contributed by atoms with van der Waals surface area (Å²) in [6.45, 7) is 12.1. The predicted octanol–water partition coefficient (Wildman–Crippen LogP) is 2.01. The molecule has 0 bridgehead atoms. The minimum Gasteiger partial charge on any atom is -0.396 e. The van der Waals surface area contributed by atoms with Crippen molar-refractivity contribution in [2.45, 2.75) is 46.5 Å². The van der Waals surface area contributed by atoms with Crippen LogP contribution in [0.4, 0.5) is 0 Å². The number of carbonyl (C=O) groups is 1. The van der Waals surface area contributed by atoms with E-state index in [0.717, 1.165) is 22.5 Å². The second-order valence-electron chi connectivity index (χ2n) is 6.78. The highest BCUT2D eigenvalue weighted by Crippen LogP contribution is 2.12. The van der Waals surface area contributed by atoms with Gasteiger partial charge in [-0.3, -0.25) is 4.79 Å². The molecule has 140 valence electrons. The van der Waals surface area contributed by atoms with Crippen molar-refractivity contribution in [3.05, 3.63) is 33.7 Å². The smallest absolute Gasteiger partial charge is 0.251 e. The number of rotatable bonds is 10. The molecule has 1 atom stereocenters. The lowest BCUT2D eigenvalue weighted by Gasteiger charge is -2.22. The van der Waals surface area contributed by atoms with E-state index in [9.17, 15) is 4.79 Å². The average molecular weight is 347 g/mol. The molecule has 0 fully saturated rings. The molecule has 0 aliphatic carbocycles. The minimum atomic E-state index is -0.0966. The number of amides is 1. The van der Waals surface area contributed by atoms with Crippen LogP contribution in [0.5, 0.6) is 0 Å². The fourth-order valence-corrected chi connectivity index (χ4v) is 3.10. The standard InChI is InChI=1S/C21H34N2O2/c1-6-9-18(7-2)14-23(5)15-20-16(3)10-11-19(17(20)4)21(25)22-12-8-13-24/h10-11,15,18,24H,3,6-9,12-14H2,1-2,4-5H3,(H,22,25)/b20-15+. The lowest BCUT2D eigenvalue weighted by Crippen LogP contribution is -2.35. The van der Waals surface area contributed by atoms with Gasteiger partial charge in [0.15, 0.2) is 0 Å². The maximum Gasteiger partial charge on any atom is 0.251 e. The Morgan fingerprint density at radius 1 is 1.40 bits per heavy atom. The van der Waals surface area contributed by atoms with Crippen molar-refractivity contribution in [2.24, 2.45) is 5.92 Å². The first-order valence-corrected chi connectivity index (χ1v) is 9.34. The molecule has 2 N–H and O–H groups in total. The SMILES string of the molecule is C=c1ccc(C(=O)NCCCO)c(C)/c1=C/N(C)CC(CC)CCC. The van der Waals surface area contributed by atoms with Crippen molar-refractivity contribution in [1.29, 1.82) is 0 Å². The van der Waals surface area contributed by atoms with Crippen LogP contribution in [-0.4, -0.2) is 42.7 Å². The Hall–Kier alpha value is -1.81. The average Bonchev–Trinajstić information content (AvgIpc) is 2.58. The van der Waals surface area contributed by atoms with Crippen molar-refractivity contribution in [2.75, 3.05) is 26.7 Å². The number of aliphatic hydroxyl groups excluding tert-OH is 1. The molecule has 1 aromatic carbocycles. The number of benzene rings is 1. The van der Waals surface area contributed by atoms with Crippen molar-refractivity contribution < 1.29 is 9.90 Å². The molecule has 0 saturated heterocycles. The Balaban J connectivity index is 3.04. The highest BCUT2D eigenvalue weighted by atomic mass is 16.3. The van der Waals surface area contributed by atoms with Crippen molar-refractivity contribution in [3.8, 4) is 0 Å². The molecule has 0 spiro atoms. The number of carbonyl (C=O) groups excluding carboxylic acids is 1. The highest BCUT2D eigenvalue weighted by molar-refractivity contribution is 5.95. The molecule has 4 nitrogen and oxygen atoms in total. The Labute approximate surface area is 152 Å². The van der Waals surface area contributed by atoms with Crippen LogP contribution < -0.4 is 15.8 Å². The van der Waals surface area contributed by atoms with Crippen molar-refractivity contribution in [1.82, 2.24) is 10.2 Å². The molecule has 25 heavy (non-hydrogen) atoms. The quantitative estimate of drug-likeness (QED) is 0.637. The largest absolute Gasteiger partial charge is 0.396 e. The molecule has 0 aliphatic heterocycles. The first-order valence-electron chi connectivity index (χ1n) is 9.34. The van der Waals surface area contributed by atoms with Crippen LogP contribution in [0.15, 0.2) is 12.1 Å². The predicted molar refractivity (Wildman–Crippen MR) is 106 cm³/mol. The van der Waals surface area contributed by atoms with Crippen LogP contribution in [0.1, 0.15) is 55.5 Å². The van der Waals surface area contributed by atoms with E-state index in [2.05, 4.69) is 43.9 Å². The van der Waals surface area contributed by atoms with E-state index < -0.39 is 0 Å². The summed E-state index contributed by atoms with van der Waals surface area (Å²) in [5.41, 5.74) is 1.62. The summed E-state index contributed by atoms with van der Waals surface area (Å²) in [4.78, 5) is 14.6. The molecule has 1 aromatic rings. The summed E-state index contributed by atoms with van der Waals surface area (Å²) in [6, 6.07) is 3.73. The topological polar surface area (TPSA) is 52.6 Å². The molecule has 0 radical (unpaired) electrons. The zero-order chi connectivity index (χ0) is 18.8. The number of nitrogens with one attached hydrogen (secondary N) is 1. The number of hydrogen-bond donors (Lipinski definition) is 2. The third-order valence-corrected chi connectivity index (χ3v) is 4.64. The minimum absolute atomic E-state index is 0.0806. The van der Waals surface area contributed by atoms with Crippen molar-refractivity contribution in [3.63, 3.8) is 0 Å². The van der Waals surface area contributed by atoms with Gasteiger partial charge in [-0.1, -0.05) is 39.3 Å². The molecule has 1 rings (SSSR count). The van der Waals surface area contributed by atoms with Gasteiger partial charge in [-0.05, 0) is 42.5 Å². The van der Waals surface area contributed by atoms with E-state index in [4.69, 9.17) is 5.11 Å². The number of hydrogen-bond acceptors (Lipinski definition) is 3. The van der Waals surface area contributed by atoms with Gasteiger partial charge in [0.1, 0.15) is 0 Å². The molecular formula is C21H34N2O2. The van der Waals surface area contributed by atoms with Gasteiger partial charge in [-0.15, -0.1) is 0 Å². The van der Waals surface area contributed by atoms with Gasteiger partial charge in [-0.25, -0.2) is 0 Å². The molecule has 1 unspecified atom stereocenters. The zero-order valence-electron chi connectivity index (χ0n) is 16.3. The van der Waals surface area contributed by atoms with E-state index in [1.807, 2.05) is 19.1 Å². The first kappa shape index (κ1) is 21.2. The van der Waals surface area contributed by atoms with Crippen molar-refractivity contribution >= 4 is 18.7 Å². The van der Waals surface area contributed by atoms with Gasteiger partial charge >= 0.3 is 0 Å². The van der Waals surface area contributed by atoms with E-state index in [1.165, 1.54) is 19.3 Å². The summed E-state index contributed by atoms with van der Waals surface area (Å²) in [7, 11) is 2.09. The second kappa shape index (κ2) is 10.9. The van der Waals surface area contributed by atoms with Gasteiger partial charge in [0, 0.05) is 43.7 Å². The highest BCUT2D eigenvalue weighted by Gasteiger charge is 2.11. The maximum absolute atomic E-state index is 12.4. The summed E-state index contributed by atoms with van der Waals surface area (Å²) in [5, 5.41) is 13.6. The van der Waals surface area contributed by atoms with E-state index in [-0.39, 0.29) is 12.5 Å². The van der Waals surface area contributed by atoms with Gasteiger partial charge in [0.25, 0.3) is 5.91 Å². The lowest BCUT2D eigenvalue weighted by molar-refractivity contribution is 0.0950.